The van der Waals surface area contributed by atoms with E-state index in [-0.39, 0.29) is 16.6 Å². The van der Waals surface area contributed by atoms with E-state index in [2.05, 4.69) is 20.7 Å². The maximum absolute atomic E-state index is 13.4. The molecule has 0 bridgehead atoms. The van der Waals surface area contributed by atoms with Gasteiger partial charge in [-0.3, -0.25) is 4.72 Å². The zero-order chi connectivity index (χ0) is 13.1. The van der Waals surface area contributed by atoms with E-state index in [1.807, 2.05) is 0 Å². The van der Waals surface area contributed by atoms with Crippen LogP contribution in [-0.4, -0.2) is 13.7 Å². The average molecular weight is 321 g/mol. The highest BCUT2D eigenvalue weighted by atomic mass is 79.9. The van der Waals surface area contributed by atoms with Gasteiger partial charge in [0.05, 0.1) is 11.8 Å². The number of para-hydroxylation sites is 1. The van der Waals surface area contributed by atoms with E-state index in [1.54, 1.807) is 13.0 Å². The van der Waals surface area contributed by atoms with Gasteiger partial charge in [-0.25, -0.2) is 12.8 Å². The summed E-state index contributed by atoms with van der Waals surface area (Å²) in [6.07, 6.45) is 0.137. The van der Waals surface area contributed by atoms with Crippen molar-refractivity contribution in [1.82, 2.24) is 0 Å². The highest BCUT2D eigenvalue weighted by Gasteiger charge is 2.25. The molecule has 1 atom stereocenters. The molecular formula is C10H10BrFN2O2S. The van der Waals surface area contributed by atoms with Gasteiger partial charge in [-0.1, -0.05) is 13.0 Å². The lowest BCUT2D eigenvalue weighted by Crippen LogP contribution is -2.26. The first-order valence-corrected chi connectivity index (χ1v) is 7.11. The van der Waals surface area contributed by atoms with Crippen LogP contribution in [0.5, 0.6) is 0 Å². The van der Waals surface area contributed by atoms with Gasteiger partial charge < -0.3 is 0 Å². The van der Waals surface area contributed by atoms with Gasteiger partial charge in [0.25, 0.3) is 0 Å². The van der Waals surface area contributed by atoms with Crippen molar-refractivity contribution in [2.24, 2.45) is 0 Å². The molecule has 4 nitrogen and oxygen atoms in total. The van der Waals surface area contributed by atoms with Crippen molar-refractivity contribution in [1.29, 1.82) is 5.26 Å². The molecule has 0 saturated carbocycles. The summed E-state index contributed by atoms with van der Waals surface area (Å²) in [4.78, 5) is 0. The van der Waals surface area contributed by atoms with Crippen LogP contribution in [0.2, 0.25) is 0 Å². The predicted molar refractivity (Wildman–Crippen MR) is 66.3 cm³/mol. The summed E-state index contributed by atoms with van der Waals surface area (Å²) in [5, 5.41) is 7.50. The van der Waals surface area contributed by atoms with Crippen molar-refractivity contribution in [3.63, 3.8) is 0 Å². The molecule has 0 saturated heterocycles. The van der Waals surface area contributed by atoms with Crippen molar-refractivity contribution in [2.75, 3.05) is 4.72 Å². The van der Waals surface area contributed by atoms with Crippen molar-refractivity contribution < 1.29 is 12.8 Å². The molecule has 1 unspecified atom stereocenters. The summed E-state index contributed by atoms with van der Waals surface area (Å²) in [5.41, 5.74) is -0.179. The molecule has 7 heteroatoms. The summed E-state index contributed by atoms with van der Waals surface area (Å²) < 4.78 is 39.3. The van der Waals surface area contributed by atoms with Gasteiger partial charge in [0.15, 0.2) is 5.25 Å². The van der Waals surface area contributed by atoms with Gasteiger partial charge in [-0.15, -0.1) is 0 Å². The Balaban J connectivity index is 3.12. The topological polar surface area (TPSA) is 70.0 Å². The molecule has 0 fully saturated rings. The lowest BCUT2D eigenvalue weighted by Gasteiger charge is -2.12. The Labute approximate surface area is 108 Å². The Morgan fingerprint density at radius 3 is 2.71 bits per heavy atom. The molecule has 0 aliphatic carbocycles. The number of nitrogens with one attached hydrogen (secondary N) is 1. The highest BCUT2D eigenvalue weighted by molar-refractivity contribution is 9.10. The average Bonchev–Trinajstić information content (AvgIpc) is 2.25. The fraction of sp³-hybridized carbons (Fsp3) is 0.300. The van der Waals surface area contributed by atoms with Gasteiger partial charge >= 0.3 is 0 Å². The number of rotatable bonds is 4. The normalized spacial score (nSPS) is 12.8. The van der Waals surface area contributed by atoms with Crippen molar-refractivity contribution in [2.45, 2.75) is 18.6 Å². The summed E-state index contributed by atoms with van der Waals surface area (Å²) >= 11 is 3.04. The Kier molecular flexibility index (Phi) is 4.48. The molecule has 0 heterocycles. The van der Waals surface area contributed by atoms with E-state index in [9.17, 15) is 12.8 Å². The number of anilines is 1. The van der Waals surface area contributed by atoms with Crippen LogP contribution < -0.4 is 4.72 Å². The largest absolute Gasteiger partial charge is 0.278 e. The third kappa shape index (κ3) is 3.17. The van der Waals surface area contributed by atoms with Crippen LogP contribution in [0.25, 0.3) is 0 Å². The summed E-state index contributed by atoms with van der Waals surface area (Å²) in [6, 6.07) is 5.75. The molecular weight excluding hydrogens is 311 g/mol. The van der Waals surface area contributed by atoms with Gasteiger partial charge in [0, 0.05) is 4.47 Å². The van der Waals surface area contributed by atoms with Crippen molar-refractivity contribution >= 4 is 31.6 Å². The minimum Gasteiger partial charge on any atom is -0.278 e. The zero-order valence-electron chi connectivity index (χ0n) is 8.94. The van der Waals surface area contributed by atoms with Crippen LogP contribution in [0, 0.1) is 17.1 Å². The fourth-order valence-electron chi connectivity index (χ4n) is 1.19. The first kappa shape index (κ1) is 13.9. The number of nitriles is 1. The minimum atomic E-state index is -3.90. The van der Waals surface area contributed by atoms with E-state index in [4.69, 9.17) is 5.26 Å². The molecule has 0 aliphatic heterocycles. The molecule has 0 aliphatic rings. The lowest BCUT2D eigenvalue weighted by atomic mass is 10.3. The van der Waals surface area contributed by atoms with Gasteiger partial charge in [0.1, 0.15) is 5.82 Å². The first-order chi connectivity index (χ1) is 7.92. The van der Waals surface area contributed by atoms with Crippen LogP contribution in [0.3, 0.4) is 0 Å². The molecule has 0 spiro atoms. The Morgan fingerprint density at radius 2 is 2.24 bits per heavy atom. The Morgan fingerprint density at radius 1 is 1.59 bits per heavy atom. The number of nitrogens with zero attached hydrogens (tertiary/aromatic N) is 1. The van der Waals surface area contributed by atoms with Gasteiger partial charge in [-0.05, 0) is 34.5 Å². The first-order valence-electron chi connectivity index (χ1n) is 4.77. The molecule has 0 radical (unpaired) electrons. The minimum absolute atomic E-state index is 0.137. The van der Waals surface area contributed by atoms with Gasteiger partial charge in [0.2, 0.25) is 10.0 Å². The Hall–Kier alpha value is -1.13. The third-order valence-corrected chi connectivity index (χ3v) is 4.43. The highest BCUT2D eigenvalue weighted by Crippen LogP contribution is 2.27. The van der Waals surface area contributed by atoms with Crippen LogP contribution in [0.1, 0.15) is 13.3 Å². The summed E-state index contributed by atoms with van der Waals surface area (Å²) in [6.45, 7) is 1.57. The quantitative estimate of drug-likeness (QED) is 0.927. The molecule has 1 rings (SSSR count). The second-order valence-corrected chi connectivity index (χ2v) is 5.99. The lowest BCUT2D eigenvalue weighted by molar-refractivity contribution is 0.590. The molecule has 0 amide bonds. The monoisotopic (exact) mass is 320 g/mol. The third-order valence-electron chi connectivity index (χ3n) is 2.10. The second-order valence-electron chi connectivity index (χ2n) is 3.27. The van der Waals surface area contributed by atoms with Gasteiger partial charge in [-0.2, -0.15) is 5.26 Å². The maximum Gasteiger partial charge on any atom is 0.249 e. The number of benzene rings is 1. The van der Waals surface area contributed by atoms with E-state index >= 15 is 0 Å². The molecule has 17 heavy (non-hydrogen) atoms. The number of hydrogen-bond donors (Lipinski definition) is 1. The number of halogens is 2. The maximum atomic E-state index is 13.4. The van der Waals surface area contributed by atoms with E-state index < -0.39 is 21.1 Å². The van der Waals surface area contributed by atoms with Crippen LogP contribution in [0.15, 0.2) is 22.7 Å². The van der Waals surface area contributed by atoms with E-state index in [0.29, 0.717) is 0 Å². The van der Waals surface area contributed by atoms with Crippen molar-refractivity contribution in [3.8, 4) is 6.07 Å². The molecule has 92 valence electrons. The van der Waals surface area contributed by atoms with Crippen LogP contribution in [0.4, 0.5) is 10.1 Å². The second kappa shape index (κ2) is 5.47. The molecule has 0 aromatic heterocycles. The van der Waals surface area contributed by atoms with Crippen molar-refractivity contribution in [3.05, 3.63) is 28.5 Å². The smallest absolute Gasteiger partial charge is 0.249 e. The SMILES string of the molecule is CCC(C#N)S(=O)(=O)Nc1c(F)cccc1Br. The zero-order valence-corrected chi connectivity index (χ0v) is 11.3. The summed E-state index contributed by atoms with van der Waals surface area (Å²) in [5.74, 6) is -0.698. The summed E-state index contributed by atoms with van der Waals surface area (Å²) in [7, 11) is -3.90. The van der Waals surface area contributed by atoms with Crippen LogP contribution >= 0.6 is 15.9 Å². The van der Waals surface area contributed by atoms with E-state index in [1.165, 1.54) is 12.1 Å². The molecule has 1 aromatic carbocycles. The Bertz CT molecular complexity index is 534. The number of sulfonamides is 1. The predicted octanol–water partition coefficient (Wildman–Crippen LogP) is 2.63. The molecule has 1 aromatic rings. The fourth-order valence-corrected chi connectivity index (χ4v) is 2.97. The van der Waals surface area contributed by atoms with Crippen LogP contribution in [-0.2, 0) is 10.0 Å². The standard InChI is InChI=1S/C10H10BrFN2O2S/c1-2-7(6-13)17(15,16)14-10-8(11)4-3-5-9(10)12/h3-5,7,14H,2H2,1H3. The number of hydrogen-bond acceptors (Lipinski definition) is 3. The van der Waals surface area contributed by atoms with E-state index in [0.717, 1.165) is 6.07 Å². The molecule has 1 N–H and O–H groups in total.